The van der Waals surface area contributed by atoms with Crippen LogP contribution in [-0.2, 0) is 20.3 Å². The first kappa shape index (κ1) is 18.8. The van der Waals surface area contributed by atoms with E-state index in [1.54, 1.807) is 13.8 Å². The summed E-state index contributed by atoms with van der Waals surface area (Å²) in [6.45, 7) is 3.27. The Kier molecular flexibility index (Phi) is 5.51. The van der Waals surface area contributed by atoms with Gasteiger partial charge in [-0.1, -0.05) is 0 Å². The zero-order chi connectivity index (χ0) is 17.3. The molecule has 0 unspecified atom stereocenters. The normalized spacial score (nSPS) is 12.3. The first-order chi connectivity index (χ1) is 9.83. The molecular weight excluding hydrogens is 343 g/mol. The van der Waals surface area contributed by atoms with E-state index in [0.717, 1.165) is 7.05 Å². The Hall–Kier alpha value is -1.28. The minimum Gasteiger partial charge on any atom is -0.308 e. The van der Waals surface area contributed by atoms with Crippen LogP contribution in [0, 0.1) is 13.8 Å². The molecule has 4 nitrogen and oxygen atoms in total. The Bertz CT molecular complexity index is 663. The zero-order valence-electron chi connectivity index (χ0n) is 12.2. The molecule has 0 aliphatic rings. The number of hydrogen-bond acceptors (Lipinski definition) is 3. The molecule has 0 aliphatic carbocycles. The predicted molar refractivity (Wildman–Crippen MR) is 78.7 cm³/mol. The summed E-state index contributed by atoms with van der Waals surface area (Å²) in [7, 11) is 2.53. The highest BCUT2D eigenvalue weighted by Crippen LogP contribution is 2.27. The van der Waals surface area contributed by atoms with Gasteiger partial charge in [0, 0.05) is 23.4 Å². The fraction of sp³-hybridized carbons (Fsp3) is 0.462. The van der Waals surface area contributed by atoms with Crippen LogP contribution in [0.1, 0.15) is 16.7 Å². The third-order valence-electron chi connectivity index (χ3n) is 3.21. The molecule has 0 heterocycles. The molecule has 1 rings (SSSR count). The van der Waals surface area contributed by atoms with Crippen molar-refractivity contribution in [2.24, 2.45) is 0 Å². The van der Waals surface area contributed by atoms with Gasteiger partial charge in [-0.3, -0.25) is 4.79 Å². The maximum Gasteiger partial charge on any atom is 0.471 e. The number of aryl methyl sites for hydroxylation is 2. The molecule has 1 amide bonds. The van der Waals surface area contributed by atoms with Gasteiger partial charge in [0.25, 0.3) is 0 Å². The Balaban J connectivity index is 3.11. The topological polar surface area (TPSA) is 54.5 Å². The molecule has 124 valence electrons. The van der Waals surface area contributed by atoms with E-state index in [0.29, 0.717) is 21.6 Å². The SMILES string of the molecule is Cc1cc(N(C)C(=O)C(F)(F)F)cc(C)c1CCS(=O)(=O)Cl. The zero-order valence-corrected chi connectivity index (χ0v) is 13.7. The molecule has 1 aromatic carbocycles. The van der Waals surface area contributed by atoms with Crippen LogP contribution in [0.25, 0.3) is 0 Å². The van der Waals surface area contributed by atoms with Crippen LogP contribution in [0.3, 0.4) is 0 Å². The Morgan fingerprint density at radius 3 is 2.05 bits per heavy atom. The Morgan fingerprint density at radius 1 is 1.23 bits per heavy atom. The lowest BCUT2D eigenvalue weighted by Crippen LogP contribution is -2.38. The quantitative estimate of drug-likeness (QED) is 0.778. The Labute approximate surface area is 131 Å². The van der Waals surface area contributed by atoms with E-state index in [4.69, 9.17) is 10.7 Å². The minimum absolute atomic E-state index is 0.0924. The highest BCUT2D eigenvalue weighted by Gasteiger charge is 2.41. The fourth-order valence-corrected chi connectivity index (χ4v) is 2.77. The number of halogens is 4. The Morgan fingerprint density at radius 2 is 1.68 bits per heavy atom. The number of alkyl halides is 3. The third kappa shape index (κ3) is 4.88. The van der Waals surface area contributed by atoms with Crippen molar-refractivity contribution in [2.75, 3.05) is 17.7 Å². The molecular formula is C13H15ClF3NO3S. The second-order valence-electron chi connectivity index (χ2n) is 4.91. The molecule has 0 bridgehead atoms. The standard InChI is InChI=1S/C13H15ClF3NO3S/c1-8-6-10(18(3)12(19)13(15,16)17)7-9(2)11(8)4-5-22(14,20)21/h6-7H,4-5H2,1-3H3. The summed E-state index contributed by atoms with van der Waals surface area (Å²) < 4.78 is 59.3. The molecule has 0 atom stereocenters. The van der Waals surface area contributed by atoms with E-state index in [-0.39, 0.29) is 17.9 Å². The van der Waals surface area contributed by atoms with E-state index in [9.17, 15) is 26.4 Å². The molecule has 1 aromatic rings. The number of rotatable bonds is 4. The van der Waals surface area contributed by atoms with Crippen molar-refractivity contribution in [3.63, 3.8) is 0 Å². The average molecular weight is 358 g/mol. The van der Waals surface area contributed by atoms with Gasteiger partial charge in [-0.05, 0) is 49.1 Å². The summed E-state index contributed by atoms with van der Waals surface area (Å²) in [5, 5.41) is 0. The van der Waals surface area contributed by atoms with E-state index < -0.39 is 21.1 Å². The molecule has 0 saturated carbocycles. The van der Waals surface area contributed by atoms with E-state index in [1.165, 1.54) is 12.1 Å². The van der Waals surface area contributed by atoms with E-state index >= 15 is 0 Å². The van der Waals surface area contributed by atoms with Gasteiger partial charge in [0.2, 0.25) is 9.05 Å². The van der Waals surface area contributed by atoms with Gasteiger partial charge in [-0.15, -0.1) is 0 Å². The van der Waals surface area contributed by atoms with Crippen molar-refractivity contribution in [1.29, 1.82) is 0 Å². The lowest BCUT2D eigenvalue weighted by atomic mass is 9.99. The van der Waals surface area contributed by atoms with Crippen molar-refractivity contribution in [3.8, 4) is 0 Å². The molecule has 0 radical (unpaired) electrons. The molecule has 9 heteroatoms. The van der Waals surface area contributed by atoms with Crippen LogP contribution < -0.4 is 4.90 Å². The summed E-state index contributed by atoms with van der Waals surface area (Å²) >= 11 is 0. The van der Waals surface area contributed by atoms with Gasteiger partial charge in [0.05, 0.1) is 5.75 Å². The number of amides is 1. The van der Waals surface area contributed by atoms with Gasteiger partial charge < -0.3 is 4.90 Å². The third-order valence-corrected chi connectivity index (χ3v) is 4.37. The molecule has 0 N–H and O–H groups in total. The van der Waals surface area contributed by atoms with Crippen molar-refractivity contribution in [2.45, 2.75) is 26.4 Å². The predicted octanol–water partition coefficient (Wildman–Crippen LogP) is 2.94. The number of nitrogens with zero attached hydrogens (tertiary/aromatic N) is 1. The van der Waals surface area contributed by atoms with E-state index in [2.05, 4.69) is 0 Å². The summed E-state index contributed by atoms with van der Waals surface area (Å²) in [4.78, 5) is 11.7. The average Bonchev–Trinajstić information content (AvgIpc) is 2.33. The molecule has 0 saturated heterocycles. The number of carbonyl (C=O) groups is 1. The van der Waals surface area contributed by atoms with Crippen LogP contribution in [0.15, 0.2) is 12.1 Å². The maximum atomic E-state index is 12.4. The lowest BCUT2D eigenvalue weighted by Gasteiger charge is -2.21. The smallest absolute Gasteiger partial charge is 0.308 e. The summed E-state index contributed by atoms with van der Waals surface area (Å²) in [5.74, 6) is -2.24. The van der Waals surface area contributed by atoms with E-state index in [1.807, 2.05) is 0 Å². The second kappa shape index (κ2) is 6.45. The summed E-state index contributed by atoms with van der Waals surface area (Å²) in [5.41, 5.74) is 1.96. The van der Waals surface area contributed by atoms with Gasteiger partial charge >= 0.3 is 12.1 Å². The second-order valence-corrected chi connectivity index (χ2v) is 7.81. The highest BCUT2D eigenvalue weighted by molar-refractivity contribution is 8.13. The van der Waals surface area contributed by atoms with Gasteiger partial charge in [0.1, 0.15) is 0 Å². The highest BCUT2D eigenvalue weighted by atomic mass is 35.7. The van der Waals surface area contributed by atoms with Crippen molar-refractivity contribution < 1.29 is 26.4 Å². The molecule has 0 fully saturated rings. The monoisotopic (exact) mass is 357 g/mol. The van der Waals surface area contributed by atoms with Crippen LogP contribution in [0.4, 0.5) is 18.9 Å². The van der Waals surface area contributed by atoms with Crippen LogP contribution in [-0.4, -0.2) is 33.3 Å². The van der Waals surface area contributed by atoms with Gasteiger partial charge in [-0.2, -0.15) is 13.2 Å². The van der Waals surface area contributed by atoms with Crippen molar-refractivity contribution in [3.05, 3.63) is 28.8 Å². The molecule has 0 spiro atoms. The minimum atomic E-state index is -4.96. The number of carbonyl (C=O) groups excluding carboxylic acids is 1. The summed E-state index contributed by atoms with van der Waals surface area (Å²) in [6, 6.07) is 2.82. The lowest BCUT2D eigenvalue weighted by molar-refractivity contribution is -0.170. The first-order valence-corrected chi connectivity index (χ1v) is 8.68. The largest absolute Gasteiger partial charge is 0.471 e. The van der Waals surface area contributed by atoms with Crippen LogP contribution in [0.2, 0.25) is 0 Å². The molecule has 0 aromatic heterocycles. The van der Waals surface area contributed by atoms with Gasteiger partial charge in [0.15, 0.2) is 0 Å². The van der Waals surface area contributed by atoms with Crippen LogP contribution >= 0.6 is 10.7 Å². The van der Waals surface area contributed by atoms with Crippen molar-refractivity contribution >= 4 is 31.3 Å². The maximum absolute atomic E-state index is 12.4. The number of anilines is 1. The van der Waals surface area contributed by atoms with Crippen LogP contribution in [0.5, 0.6) is 0 Å². The van der Waals surface area contributed by atoms with Gasteiger partial charge in [-0.25, -0.2) is 8.42 Å². The number of hydrogen-bond donors (Lipinski definition) is 0. The molecule has 0 aliphatic heterocycles. The van der Waals surface area contributed by atoms with Crippen molar-refractivity contribution in [1.82, 2.24) is 0 Å². The fourth-order valence-electron chi connectivity index (χ4n) is 2.09. The summed E-state index contributed by atoms with van der Waals surface area (Å²) in [6.07, 6.45) is -4.80. The molecule has 22 heavy (non-hydrogen) atoms. The first-order valence-electron chi connectivity index (χ1n) is 6.20. The number of benzene rings is 1.